The Hall–Kier alpha value is -1.26. The molecule has 2 rings (SSSR count). The molecule has 0 spiro atoms. The van der Waals surface area contributed by atoms with Crippen molar-refractivity contribution in [1.29, 1.82) is 0 Å². The molecule has 5 nitrogen and oxygen atoms in total. The SMILES string of the molecule is CCC1(CNC2=NCCN(C(=O)OC(C)(C)C)C2)CCC1. The van der Waals surface area contributed by atoms with Gasteiger partial charge in [0.15, 0.2) is 0 Å². The number of carbonyl (C=O) groups is 1. The van der Waals surface area contributed by atoms with E-state index in [4.69, 9.17) is 4.74 Å². The molecule has 1 N–H and O–H groups in total. The van der Waals surface area contributed by atoms with Crippen LogP contribution in [-0.2, 0) is 4.74 Å². The third-order valence-electron chi connectivity index (χ3n) is 4.50. The van der Waals surface area contributed by atoms with E-state index in [-0.39, 0.29) is 6.09 Å². The zero-order valence-corrected chi connectivity index (χ0v) is 13.9. The van der Waals surface area contributed by atoms with Gasteiger partial charge in [0.05, 0.1) is 13.1 Å². The maximum atomic E-state index is 12.1. The standard InChI is InChI=1S/C16H29N3O2/c1-5-16(7-6-8-16)12-18-13-11-19(10-9-17-13)14(20)21-15(2,3)4/h5-12H2,1-4H3,(H,17,18). The van der Waals surface area contributed by atoms with Crippen molar-refractivity contribution in [2.45, 2.75) is 59.0 Å². The van der Waals surface area contributed by atoms with Crippen LogP contribution in [-0.4, -0.2) is 48.6 Å². The quantitative estimate of drug-likeness (QED) is 0.871. The minimum Gasteiger partial charge on any atom is -0.444 e. The van der Waals surface area contributed by atoms with Crippen molar-refractivity contribution in [3.63, 3.8) is 0 Å². The molecule has 2 aliphatic rings. The lowest BCUT2D eigenvalue weighted by Gasteiger charge is -2.42. The van der Waals surface area contributed by atoms with Crippen molar-refractivity contribution in [3.8, 4) is 0 Å². The first-order valence-electron chi connectivity index (χ1n) is 8.09. The van der Waals surface area contributed by atoms with E-state index in [0.29, 0.717) is 25.0 Å². The zero-order valence-electron chi connectivity index (χ0n) is 13.9. The fourth-order valence-electron chi connectivity index (χ4n) is 2.83. The molecule has 0 aromatic carbocycles. The van der Waals surface area contributed by atoms with E-state index in [9.17, 15) is 4.79 Å². The molecule has 5 heteroatoms. The summed E-state index contributed by atoms with van der Waals surface area (Å²) in [6.45, 7) is 10.7. The molecule has 1 aliphatic carbocycles. The van der Waals surface area contributed by atoms with Crippen LogP contribution in [0.15, 0.2) is 4.99 Å². The van der Waals surface area contributed by atoms with Crippen molar-refractivity contribution in [2.75, 3.05) is 26.2 Å². The number of rotatable bonds is 3. The highest BCUT2D eigenvalue weighted by atomic mass is 16.6. The van der Waals surface area contributed by atoms with E-state index in [1.807, 2.05) is 20.8 Å². The van der Waals surface area contributed by atoms with Crippen LogP contribution in [0, 0.1) is 5.41 Å². The van der Waals surface area contributed by atoms with Gasteiger partial charge < -0.3 is 10.1 Å². The highest BCUT2D eigenvalue weighted by molar-refractivity contribution is 5.87. The Morgan fingerprint density at radius 2 is 2.14 bits per heavy atom. The number of carbonyl (C=O) groups excluding carboxylic acids is 1. The van der Waals surface area contributed by atoms with Crippen LogP contribution in [0.5, 0.6) is 0 Å². The van der Waals surface area contributed by atoms with Gasteiger partial charge in [-0.1, -0.05) is 13.3 Å². The molecule has 1 amide bonds. The smallest absolute Gasteiger partial charge is 0.410 e. The number of hydrogen-bond donors (Lipinski definition) is 1. The predicted octanol–water partition coefficient (Wildman–Crippen LogP) is 2.81. The van der Waals surface area contributed by atoms with Crippen LogP contribution in [0.2, 0.25) is 0 Å². The average Bonchev–Trinajstić information content (AvgIpc) is 2.36. The van der Waals surface area contributed by atoms with E-state index >= 15 is 0 Å². The van der Waals surface area contributed by atoms with Gasteiger partial charge >= 0.3 is 6.09 Å². The molecule has 1 heterocycles. The van der Waals surface area contributed by atoms with Gasteiger partial charge in [-0.3, -0.25) is 9.89 Å². The summed E-state index contributed by atoms with van der Waals surface area (Å²) in [5.41, 5.74) is 0.00812. The topological polar surface area (TPSA) is 53.9 Å². The molecule has 0 aromatic heterocycles. The minimum atomic E-state index is -0.447. The van der Waals surface area contributed by atoms with Gasteiger partial charge in [0.25, 0.3) is 0 Å². The summed E-state index contributed by atoms with van der Waals surface area (Å²) in [5.74, 6) is 0.923. The molecule has 0 aromatic rings. The number of ether oxygens (including phenoxy) is 1. The molecule has 0 bridgehead atoms. The molecule has 0 saturated heterocycles. The second kappa shape index (κ2) is 6.24. The van der Waals surface area contributed by atoms with Crippen LogP contribution in [0.25, 0.3) is 0 Å². The van der Waals surface area contributed by atoms with Gasteiger partial charge in [-0.05, 0) is 45.4 Å². The Morgan fingerprint density at radius 1 is 1.43 bits per heavy atom. The summed E-state index contributed by atoms with van der Waals surface area (Å²) in [5, 5.41) is 3.46. The highest BCUT2D eigenvalue weighted by Crippen LogP contribution is 2.43. The van der Waals surface area contributed by atoms with Crippen molar-refractivity contribution in [2.24, 2.45) is 10.4 Å². The third kappa shape index (κ3) is 4.35. The highest BCUT2D eigenvalue weighted by Gasteiger charge is 2.35. The molecule has 0 radical (unpaired) electrons. The van der Waals surface area contributed by atoms with Gasteiger partial charge in [-0.15, -0.1) is 0 Å². The van der Waals surface area contributed by atoms with E-state index in [2.05, 4.69) is 17.2 Å². The minimum absolute atomic E-state index is 0.245. The number of aliphatic imine (C=N–C) groups is 1. The van der Waals surface area contributed by atoms with Gasteiger partial charge in [0.2, 0.25) is 0 Å². The van der Waals surface area contributed by atoms with Crippen LogP contribution < -0.4 is 5.32 Å². The summed E-state index contributed by atoms with van der Waals surface area (Å²) in [6.07, 6.45) is 4.92. The zero-order chi connectivity index (χ0) is 15.5. The van der Waals surface area contributed by atoms with Crippen LogP contribution >= 0.6 is 0 Å². The number of amides is 1. The molecule has 1 fully saturated rings. The fourth-order valence-corrected chi connectivity index (χ4v) is 2.83. The van der Waals surface area contributed by atoms with Crippen molar-refractivity contribution in [3.05, 3.63) is 0 Å². The van der Waals surface area contributed by atoms with E-state index < -0.39 is 5.60 Å². The average molecular weight is 295 g/mol. The second-order valence-corrected chi connectivity index (χ2v) is 7.29. The Balaban J connectivity index is 1.83. The summed E-state index contributed by atoms with van der Waals surface area (Å²) >= 11 is 0. The number of hydrogen-bond acceptors (Lipinski definition) is 4. The fraction of sp³-hybridized carbons (Fsp3) is 0.875. The Labute approximate surface area is 128 Å². The van der Waals surface area contributed by atoms with E-state index in [0.717, 1.165) is 12.4 Å². The molecule has 1 saturated carbocycles. The monoisotopic (exact) mass is 295 g/mol. The lowest BCUT2D eigenvalue weighted by atomic mass is 9.67. The van der Waals surface area contributed by atoms with Gasteiger partial charge in [-0.2, -0.15) is 0 Å². The Kier molecular flexibility index (Phi) is 4.79. The predicted molar refractivity (Wildman–Crippen MR) is 84.7 cm³/mol. The Bertz CT molecular complexity index is 403. The molecule has 21 heavy (non-hydrogen) atoms. The molecule has 0 unspecified atom stereocenters. The van der Waals surface area contributed by atoms with Crippen molar-refractivity contribution in [1.82, 2.24) is 10.2 Å². The maximum absolute atomic E-state index is 12.1. The number of nitrogens with one attached hydrogen (secondary N) is 1. The Morgan fingerprint density at radius 3 is 2.67 bits per heavy atom. The summed E-state index contributed by atoms with van der Waals surface area (Å²) in [4.78, 5) is 18.4. The number of amidine groups is 1. The maximum Gasteiger partial charge on any atom is 0.410 e. The van der Waals surface area contributed by atoms with E-state index in [1.54, 1.807) is 4.90 Å². The van der Waals surface area contributed by atoms with Gasteiger partial charge in [0, 0.05) is 13.1 Å². The first kappa shape index (κ1) is 16.1. The second-order valence-electron chi connectivity index (χ2n) is 7.29. The summed E-state index contributed by atoms with van der Waals surface area (Å²) < 4.78 is 5.43. The molecule has 120 valence electrons. The summed E-state index contributed by atoms with van der Waals surface area (Å²) in [6, 6.07) is 0. The molecule has 0 atom stereocenters. The molecular formula is C16H29N3O2. The van der Waals surface area contributed by atoms with Crippen LogP contribution in [0.4, 0.5) is 4.79 Å². The lowest BCUT2D eigenvalue weighted by molar-refractivity contribution is 0.0275. The van der Waals surface area contributed by atoms with Crippen molar-refractivity contribution >= 4 is 11.9 Å². The van der Waals surface area contributed by atoms with Crippen LogP contribution in [0.3, 0.4) is 0 Å². The van der Waals surface area contributed by atoms with E-state index in [1.165, 1.54) is 25.7 Å². The van der Waals surface area contributed by atoms with Gasteiger partial charge in [-0.25, -0.2) is 4.79 Å². The molecule has 1 aliphatic heterocycles. The largest absolute Gasteiger partial charge is 0.444 e. The first-order chi connectivity index (χ1) is 9.84. The third-order valence-corrected chi connectivity index (χ3v) is 4.50. The molecular weight excluding hydrogens is 266 g/mol. The normalized spacial score (nSPS) is 21.3. The van der Waals surface area contributed by atoms with Crippen molar-refractivity contribution < 1.29 is 9.53 Å². The first-order valence-corrected chi connectivity index (χ1v) is 8.09. The number of nitrogens with zero attached hydrogens (tertiary/aromatic N) is 2. The lowest BCUT2D eigenvalue weighted by Crippen LogP contribution is -2.50. The van der Waals surface area contributed by atoms with Crippen LogP contribution in [0.1, 0.15) is 53.4 Å². The summed E-state index contributed by atoms with van der Waals surface area (Å²) in [7, 11) is 0. The van der Waals surface area contributed by atoms with Gasteiger partial charge in [0.1, 0.15) is 11.4 Å².